The van der Waals surface area contributed by atoms with Crippen LogP contribution in [0.15, 0.2) is 53.7 Å². The smallest absolute Gasteiger partial charge is 0.191 e. The lowest BCUT2D eigenvalue weighted by atomic mass is 10.1. The first kappa shape index (κ1) is 25.8. The maximum absolute atomic E-state index is 11.4. The van der Waals surface area contributed by atoms with E-state index in [9.17, 15) is 9.90 Å². The normalized spacial score (nSPS) is 12.1. The summed E-state index contributed by atoms with van der Waals surface area (Å²) in [5.41, 5.74) is 1.90. The van der Waals surface area contributed by atoms with Crippen LogP contribution in [0.25, 0.3) is 0 Å². The number of ether oxygens (including phenoxy) is 2. The van der Waals surface area contributed by atoms with Crippen molar-refractivity contribution in [3.05, 3.63) is 65.5 Å². The molecule has 0 aliphatic carbocycles. The number of carbonyl (C=O) groups is 1. The zero-order chi connectivity index (χ0) is 24.5. The summed E-state index contributed by atoms with van der Waals surface area (Å²) in [7, 11) is 0. The number of aromatic nitrogens is 3. The van der Waals surface area contributed by atoms with Gasteiger partial charge >= 0.3 is 0 Å². The number of benzene rings is 2. The van der Waals surface area contributed by atoms with Gasteiger partial charge in [0.05, 0.1) is 6.10 Å². The van der Waals surface area contributed by atoms with Crippen LogP contribution in [0.4, 0.5) is 0 Å². The van der Waals surface area contributed by atoms with Gasteiger partial charge in [-0.3, -0.25) is 4.79 Å². The fourth-order valence-electron chi connectivity index (χ4n) is 3.25. The molecule has 0 amide bonds. The van der Waals surface area contributed by atoms with E-state index in [4.69, 9.17) is 9.47 Å². The summed E-state index contributed by atoms with van der Waals surface area (Å²) in [4.78, 5) is 11.4. The highest BCUT2D eigenvalue weighted by Crippen LogP contribution is 2.22. The molecule has 0 bridgehead atoms. The summed E-state index contributed by atoms with van der Waals surface area (Å²) in [6, 6.07) is 15.0. The number of rotatable bonds is 13. The third-order valence-electron chi connectivity index (χ3n) is 5.15. The Hall–Kier alpha value is -2.84. The average molecular weight is 484 g/mol. The fraction of sp³-hybridized carbons (Fsp3) is 0.423. The first-order valence-electron chi connectivity index (χ1n) is 11.5. The molecule has 0 saturated heterocycles. The van der Waals surface area contributed by atoms with Crippen LogP contribution >= 0.6 is 11.8 Å². The van der Waals surface area contributed by atoms with E-state index in [1.54, 1.807) is 24.3 Å². The number of aliphatic hydroxyl groups excluding tert-OH is 1. The van der Waals surface area contributed by atoms with Crippen molar-refractivity contribution in [1.29, 1.82) is 0 Å². The highest BCUT2D eigenvalue weighted by Gasteiger charge is 2.16. The zero-order valence-corrected chi connectivity index (χ0v) is 21.0. The Labute approximate surface area is 205 Å². The van der Waals surface area contributed by atoms with Crippen LogP contribution in [0.1, 0.15) is 49.4 Å². The maximum Gasteiger partial charge on any atom is 0.191 e. The van der Waals surface area contributed by atoms with Gasteiger partial charge in [-0.15, -0.1) is 10.2 Å². The quantitative estimate of drug-likeness (QED) is 0.276. The molecule has 7 nitrogen and oxygen atoms in total. The maximum atomic E-state index is 11.4. The van der Waals surface area contributed by atoms with Gasteiger partial charge in [0.1, 0.15) is 24.7 Å². The minimum Gasteiger partial charge on any atom is -0.491 e. The molecule has 3 aromatic rings. The lowest BCUT2D eigenvalue weighted by Crippen LogP contribution is -2.20. The van der Waals surface area contributed by atoms with Crippen LogP contribution < -0.4 is 9.47 Å². The van der Waals surface area contributed by atoms with Crippen LogP contribution in [-0.2, 0) is 19.6 Å². The number of ketones is 1. The first-order chi connectivity index (χ1) is 16.4. The Morgan fingerprint density at radius 3 is 2.29 bits per heavy atom. The second-order valence-electron chi connectivity index (χ2n) is 8.55. The van der Waals surface area contributed by atoms with E-state index >= 15 is 0 Å². The number of nitrogens with zero attached hydrogens (tertiary/aromatic N) is 3. The van der Waals surface area contributed by atoms with Gasteiger partial charge in [0.15, 0.2) is 16.8 Å². The van der Waals surface area contributed by atoms with Gasteiger partial charge in [0.2, 0.25) is 0 Å². The summed E-state index contributed by atoms with van der Waals surface area (Å²) in [6.45, 7) is 9.17. The largest absolute Gasteiger partial charge is 0.491 e. The van der Waals surface area contributed by atoms with Crippen molar-refractivity contribution in [3.63, 3.8) is 0 Å². The highest BCUT2D eigenvalue weighted by atomic mass is 32.2. The zero-order valence-electron chi connectivity index (χ0n) is 20.2. The molecular formula is C26H33N3O4S. The molecule has 182 valence electrons. The van der Waals surface area contributed by atoms with E-state index in [1.165, 1.54) is 24.2 Å². The predicted octanol–water partition coefficient (Wildman–Crippen LogP) is 4.81. The molecule has 2 aromatic carbocycles. The van der Waals surface area contributed by atoms with Crippen molar-refractivity contribution in [1.82, 2.24) is 14.8 Å². The second kappa shape index (κ2) is 12.6. The Balaban J connectivity index is 1.55. The van der Waals surface area contributed by atoms with Gasteiger partial charge < -0.3 is 19.1 Å². The SMILES string of the molecule is CCc1ccc(OCc2nnc(SCC(O)COc3ccc(C(C)=O)cc3)n2CC(C)C)cc1. The monoisotopic (exact) mass is 483 g/mol. The third kappa shape index (κ3) is 7.60. The Bertz CT molecular complexity index is 1050. The first-order valence-corrected chi connectivity index (χ1v) is 12.5. The summed E-state index contributed by atoms with van der Waals surface area (Å²) < 4.78 is 13.7. The third-order valence-corrected chi connectivity index (χ3v) is 6.26. The Kier molecular flexibility index (Phi) is 9.53. The van der Waals surface area contributed by atoms with Crippen LogP contribution in [0.3, 0.4) is 0 Å². The number of thioether (sulfide) groups is 1. The minimum absolute atomic E-state index is 0.00709. The number of hydrogen-bond donors (Lipinski definition) is 1. The minimum atomic E-state index is -0.682. The van der Waals surface area contributed by atoms with Gasteiger partial charge in [0.25, 0.3) is 0 Å². The molecule has 1 unspecified atom stereocenters. The molecule has 1 N–H and O–H groups in total. The molecule has 8 heteroatoms. The van der Waals surface area contributed by atoms with Crippen LogP contribution in [-0.4, -0.2) is 44.1 Å². The van der Waals surface area contributed by atoms with Crippen LogP contribution in [0.2, 0.25) is 0 Å². The number of Topliss-reactive ketones (excluding diaryl/α,β-unsaturated/α-hetero) is 1. The molecule has 1 heterocycles. The van der Waals surface area contributed by atoms with Gasteiger partial charge in [-0.1, -0.05) is 44.7 Å². The number of hydrogen-bond acceptors (Lipinski definition) is 7. The van der Waals surface area contributed by atoms with Gasteiger partial charge in [-0.05, 0) is 61.2 Å². The molecule has 1 atom stereocenters. The van der Waals surface area contributed by atoms with E-state index in [2.05, 4.69) is 47.7 Å². The summed E-state index contributed by atoms with van der Waals surface area (Å²) in [5, 5.41) is 19.8. The topological polar surface area (TPSA) is 86.5 Å². The molecule has 3 rings (SSSR count). The van der Waals surface area contributed by atoms with Gasteiger partial charge in [-0.2, -0.15) is 0 Å². The number of carbonyl (C=O) groups excluding carboxylic acids is 1. The Morgan fingerprint density at radius 2 is 1.68 bits per heavy atom. The predicted molar refractivity (Wildman–Crippen MR) is 134 cm³/mol. The van der Waals surface area contributed by atoms with E-state index < -0.39 is 6.10 Å². The van der Waals surface area contributed by atoms with Gasteiger partial charge in [-0.25, -0.2) is 0 Å². The lowest BCUT2D eigenvalue weighted by Gasteiger charge is -2.15. The van der Waals surface area contributed by atoms with Gasteiger partial charge in [0, 0.05) is 17.9 Å². The number of aryl methyl sites for hydroxylation is 1. The van der Waals surface area contributed by atoms with Crippen molar-refractivity contribution < 1.29 is 19.4 Å². The van der Waals surface area contributed by atoms with Crippen LogP contribution in [0, 0.1) is 5.92 Å². The molecule has 0 saturated carbocycles. The lowest BCUT2D eigenvalue weighted by molar-refractivity contribution is 0.101. The summed E-state index contributed by atoms with van der Waals surface area (Å²) in [6.07, 6.45) is 0.311. The van der Waals surface area contributed by atoms with E-state index in [1.807, 2.05) is 12.1 Å². The highest BCUT2D eigenvalue weighted by molar-refractivity contribution is 7.99. The molecule has 34 heavy (non-hydrogen) atoms. The Morgan fingerprint density at radius 1 is 1.03 bits per heavy atom. The molecular weight excluding hydrogens is 450 g/mol. The molecule has 1 aromatic heterocycles. The van der Waals surface area contributed by atoms with E-state index in [-0.39, 0.29) is 12.4 Å². The molecule has 0 radical (unpaired) electrons. The second-order valence-corrected chi connectivity index (χ2v) is 9.53. The molecule has 0 aliphatic heterocycles. The fourth-order valence-corrected chi connectivity index (χ4v) is 4.12. The molecule has 0 spiro atoms. The van der Waals surface area contributed by atoms with Crippen molar-refractivity contribution in [2.75, 3.05) is 12.4 Å². The summed E-state index contributed by atoms with van der Waals surface area (Å²) >= 11 is 1.45. The van der Waals surface area contributed by atoms with E-state index in [0.717, 1.165) is 29.7 Å². The van der Waals surface area contributed by atoms with E-state index in [0.29, 0.717) is 29.6 Å². The van der Waals surface area contributed by atoms with Crippen LogP contribution in [0.5, 0.6) is 11.5 Å². The molecule has 0 fully saturated rings. The summed E-state index contributed by atoms with van der Waals surface area (Å²) in [5.74, 6) is 3.00. The van der Waals surface area contributed by atoms with Crippen molar-refractivity contribution >= 4 is 17.5 Å². The number of aliphatic hydroxyl groups is 1. The standard InChI is InChI=1S/C26H33N3O4S/c1-5-20-6-10-23(11-7-20)33-16-25-27-28-26(29(25)14-18(2)3)34-17-22(31)15-32-24-12-8-21(9-13-24)19(4)30/h6-13,18,22,31H,5,14-17H2,1-4H3. The average Bonchev–Trinajstić information content (AvgIpc) is 3.21. The van der Waals surface area contributed by atoms with Crippen molar-refractivity contribution in [3.8, 4) is 11.5 Å². The van der Waals surface area contributed by atoms with Crippen molar-refractivity contribution in [2.24, 2.45) is 5.92 Å². The van der Waals surface area contributed by atoms with Crippen molar-refractivity contribution in [2.45, 2.75) is 58.5 Å². The molecule has 0 aliphatic rings.